The van der Waals surface area contributed by atoms with Gasteiger partial charge < -0.3 is 0 Å². The third-order valence-electron chi connectivity index (χ3n) is 2.30. The summed E-state index contributed by atoms with van der Waals surface area (Å²) >= 11 is 0. The van der Waals surface area contributed by atoms with Crippen molar-refractivity contribution in [3.63, 3.8) is 0 Å². The maximum atomic E-state index is 11.5. The van der Waals surface area contributed by atoms with Gasteiger partial charge in [0.15, 0.2) is 5.82 Å². The van der Waals surface area contributed by atoms with Gasteiger partial charge in [0.05, 0.1) is 11.2 Å². The number of benzene rings is 1. The predicted molar refractivity (Wildman–Crippen MR) is 64.6 cm³/mol. The van der Waals surface area contributed by atoms with E-state index < -0.39 is 14.9 Å². The number of aromatic nitrogens is 2. The van der Waals surface area contributed by atoms with E-state index in [1.165, 1.54) is 36.7 Å². The molecule has 0 spiro atoms. The van der Waals surface area contributed by atoms with E-state index in [9.17, 15) is 18.5 Å². The van der Waals surface area contributed by atoms with Gasteiger partial charge in [0.25, 0.3) is 5.69 Å². The third-order valence-corrected chi connectivity index (χ3v) is 3.31. The van der Waals surface area contributed by atoms with Crippen LogP contribution in [0.3, 0.4) is 0 Å². The number of nitrogens with zero attached hydrogens (tertiary/aromatic N) is 3. The Morgan fingerprint density at radius 2 is 1.89 bits per heavy atom. The second-order valence-electron chi connectivity index (χ2n) is 3.61. The van der Waals surface area contributed by atoms with Gasteiger partial charge in [0, 0.05) is 30.1 Å². The van der Waals surface area contributed by atoms with Crippen LogP contribution in [0.4, 0.5) is 5.69 Å². The summed E-state index contributed by atoms with van der Waals surface area (Å²) in [6.07, 6.45) is 3.74. The fourth-order valence-corrected chi connectivity index (χ4v) is 2.24. The molecule has 0 aliphatic rings. The maximum Gasteiger partial charge on any atom is 0.269 e. The van der Waals surface area contributed by atoms with Crippen molar-refractivity contribution in [2.24, 2.45) is 0 Å². The molecule has 0 unspecified atom stereocenters. The molecule has 1 aromatic heterocycles. The molecule has 0 atom stereocenters. The van der Waals surface area contributed by atoms with Gasteiger partial charge in [-0.05, 0) is 12.1 Å². The van der Waals surface area contributed by atoms with Gasteiger partial charge in [-0.25, -0.2) is 17.4 Å². The van der Waals surface area contributed by atoms with Gasteiger partial charge in [0.2, 0.25) is 10.0 Å². The SMILES string of the molecule is CS(=O)(=O)n1ccnc1-c1ccc([N+](=O)[O-])cc1. The fraction of sp³-hybridized carbons (Fsp3) is 0.100. The first-order valence-corrected chi connectivity index (χ1v) is 6.73. The standard InChI is InChI=1S/C10H9N3O4S/c1-18(16,17)12-7-6-11-10(12)8-2-4-9(5-3-8)13(14)15/h2-7H,1H3. The minimum absolute atomic E-state index is 0.0591. The van der Waals surface area contributed by atoms with Gasteiger partial charge in [0.1, 0.15) is 0 Å². The number of nitro benzene ring substituents is 1. The highest BCUT2D eigenvalue weighted by atomic mass is 32.2. The molecule has 0 aliphatic heterocycles. The maximum absolute atomic E-state index is 11.5. The zero-order valence-electron chi connectivity index (χ0n) is 9.35. The first kappa shape index (κ1) is 12.2. The second-order valence-corrected chi connectivity index (χ2v) is 5.47. The van der Waals surface area contributed by atoms with Crippen LogP contribution < -0.4 is 0 Å². The molecule has 1 aromatic carbocycles. The fourth-order valence-electron chi connectivity index (χ4n) is 1.49. The number of imidazole rings is 1. The van der Waals surface area contributed by atoms with Crippen LogP contribution in [-0.4, -0.2) is 28.6 Å². The molecule has 0 radical (unpaired) electrons. The number of hydrogen-bond donors (Lipinski definition) is 0. The Morgan fingerprint density at radius 3 is 2.39 bits per heavy atom. The summed E-state index contributed by atoms with van der Waals surface area (Å²) in [5.74, 6) is 0.229. The molecule has 0 saturated heterocycles. The summed E-state index contributed by atoms with van der Waals surface area (Å²) in [4.78, 5) is 13.9. The summed E-state index contributed by atoms with van der Waals surface area (Å²) in [6.45, 7) is 0. The van der Waals surface area contributed by atoms with Gasteiger partial charge in [-0.3, -0.25) is 10.1 Å². The molecule has 0 N–H and O–H groups in total. The van der Waals surface area contributed by atoms with E-state index in [0.29, 0.717) is 5.56 Å². The normalized spacial score (nSPS) is 11.4. The van der Waals surface area contributed by atoms with E-state index in [1.807, 2.05) is 0 Å². The van der Waals surface area contributed by atoms with Crippen molar-refractivity contribution >= 4 is 15.7 Å². The van der Waals surface area contributed by atoms with E-state index in [-0.39, 0.29) is 11.5 Å². The minimum atomic E-state index is -3.44. The summed E-state index contributed by atoms with van der Waals surface area (Å²) in [5.41, 5.74) is 0.437. The van der Waals surface area contributed by atoms with Gasteiger partial charge in [-0.15, -0.1) is 0 Å². The van der Waals surface area contributed by atoms with E-state index in [2.05, 4.69) is 4.98 Å². The average Bonchev–Trinajstić information content (AvgIpc) is 2.77. The lowest BCUT2D eigenvalue weighted by Gasteiger charge is -2.04. The molecule has 0 amide bonds. The van der Waals surface area contributed by atoms with Crippen molar-refractivity contribution in [1.82, 2.24) is 8.96 Å². The van der Waals surface area contributed by atoms with Crippen LogP contribution in [0.2, 0.25) is 0 Å². The molecule has 0 aliphatic carbocycles. The van der Waals surface area contributed by atoms with E-state index in [4.69, 9.17) is 0 Å². The lowest BCUT2D eigenvalue weighted by atomic mass is 10.2. The van der Waals surface area contributed by atoms with Crippen molar-refractivity contribution in [1.29, 1.82) is 0 Å². The number of nitro groups is 1. The number of hydrogen-bond acceptors (Lipinski definition) is 5. The van der Waals surface area contributed by atoms with Crippen LogP contribution in [0.1, 0.15) is 0 Å². The largest absolute Gasteiger partial charge is 0.269 e. The molecule has 2 aromatic rings. The highest BCUT2D eigenvalue weighted by Gasteiger charge is 2.14. The lowest BCUT2D eigenvalue weighted by molar-refractivity contribution is -0.384. The van der Waals surface area contributed by atoms with Crippen molar-refractivity contribution in [3.05, 3.63) is 46.8 Å². The highest BCUT2D eigenvalue weighted by molar-refractivity contribution is 7.89. The molecular weight excluding hydrogens is 258 g/mol. The zero-order chi connectivity index (χ0) is 13.3. The van der Waals surface area contributed by atoms with Gasteiger partial charge >= 0.3 is 0 Å². The minimum Gasteiger partial charge on any atom is -0.258 e. The van der Waals surface area contributed by atoms with Crippen LogP contribution >= 0.6 is 0 Å². The van der Waals surface area contributed by atoms with Crippen molar-refractivity contribution < 1.29 is 13.3 Å². The Balaban J connectivity index is 2.50. The summed E-state index contributed by atoms with van der Waals surface area (Å²) < 4.78 is 24.0. The molecule has 0 saturated carbocycles. The molecule has 8 heteroatoms. The lowest BCUT2D eigenvalue weighted by Crippen LogP contribution is -2.10. The molecule has 7 nitrogen and oxygen atoms in total. The van der Waals surface area contributed by atoms with Gasteiger partial charge in [-0.2, -0.15) is 0 Å². The quantitative estimate of drug-likeness (QED) is 0.616. The van der Waals surface area contributed by atoms with Crippen molar-refractivity contribution in [3.8, 4) is 11.4 Å². The summed E-state index contributed by atoms with van der Waals surface area (Å²) in [7, 11) is -3.44. The average molecular weight is 267 g/mol. The molecule has 0 bridgehead atoms. The molecule has 18 heavy (non-hydrogen) atoms. The Hall–Kier alpha value is -2.22. The Labute approximate surface area is 103 Å². The van der Waals surface area contributed by atoms with Crippen LogP contribution in [0, 0.1) is 10.1 Å². The smallest absolute Gasteiger partial charge is 0.258 e. The van der Waals surface area contributed by atoms with E-state index >= 15 is 0 Å². The molecule has 2 rings (SSSR count). The second kappa shape index (κ2) is 4.22. The van der Waals surface area contributed by atoms with Crippen LogP contribution in [0.25, 0.3) is 11.4 Å². The van der Waals surface area contributed by atoms with Gasteiger partial charge in [-0.1, -0.05) is 0 Å². The monoisotopic (exact) mass is 267 g/mol. The summed E-state index contributed by atoms with van der Waals surface area (Å²) in [6, 6.07) is 5.53. The molecule has 1 heterocycles. The van der Waals surface area contributed by atoms with Crippen LogP contribution in [-0.2, 0) is 10.0 Å². The predicted octanol–water partition coefficient (Wildman–Crippen LogP) is 1.27. The van der Waals surface area contributed by atoms with Crippen molar-refractivity contribution in [2.75, 3.05) is 6.26 Å². The Bertz CT molecular complexity index is 688. The summed E-state index contributed by atoms with van der Waals surface area (Å²) in [5, 5.41) is 10.5. The molecule has 0 fully saturated rings. The first-order chi connectivity index (χ1) is 8.39. The molecule has 94 valence electrons. The van der Waals surface area contributed by atoms with E-state index in [0.717, 1.165) is 10.2 Å². The first-order valence-electron chi connectivity index (χ1n) is 4.88. The number of non-ortho nitro benzene ring substituents is 1. The third kappa shape index (κ3) is 2.23. The molecular formula is C10H9N3O4S. The topological polar surface area (TPSA) is 95.1 Å². The Kier molecular flexibility index (Phi) is 2.87. The van der Waals surface area contributed by atoms with E-state index in [1.54, 1.807) is 0 Å². The zero-order valence-corrected chi connectivity index (χ0v) is 10.2. The highest BCUT2D eigenvalue weighted by Crippen LogP contribution is 2.21. The van der Waals surface area contributed by atoms with Crippen molar-refractivity contribution in [2.45, 2.75) is 0 Å². The van der Waals surface area contributed by atoms with Crippen LogP contribution in [0.15, 0.2) is 36.7 Å². The number of rotatable bonds is 3. The van der Waals surface area contributed by atoms with Crippen LogP contribution in [0.5, 0.6) is 0 Å². The Morgan fingerprint density at radius 1 is 1.28 bits per heavy atom.